The quantitative estimate of drug-likeness (QED) is 0.787. The van der Waals surface area contributed by atoms with Crippen molar-refractivity contribution in [3.8, 4) is 0 Å². The molecule has 0 aromatic carbocycles. The molecule has 0 aliphatic heterocycles. The summed E-state index contributed by atoms with van der Waals surface area (Å²) in [4.78, 5) is 11.5. The molecule has 9 heteroatoms. The van der Waals surface area contributed by atoms with Crippen LogP contribution in [0.3, 0.4) is 0 Å². The summed E-state index contributed by atoms with van der Waals surface area (Å²) in [6, 6.07) is 6.06. The fourth-order valence-electron chi connectivity index (χ4n) is 1.37. The third kappa shape index (κ3) is 3.83. The number of carbonyl (C=O) groups is 1. The summed E-state index contributed by atoms with van der Waals surface area (Å²) in [6.45, 7) is 0.224. The first-order valence-corrected chi connectivity index (χ1v) is 8.23. The van der Waals surface area contributed by atoms with Crippen molar-refractivity contribution in [1.29, 1.82) is 0 Å². The summed E-state index contributed by atoms with van der Waals surface area (Å²) < 4.78 is 31.5. The number of hydrogen-bond donors (Lipinski definition) is 2. The summed E-state index contributed by atoms with van der Waals surface area (Å²) in [5.74, 6) is -0.216. The zero-order valence-electron chi connectivity index (χ0n) is 10.1. The molecule has 2 heterocycles. The largest absolute Gasteiger partial charge is 0.459 e. The fourth-order valence-corrected chi connectivity index (χ4v) is 3.93. The molecule has 2 aromatic rings. The molecule has 108 valence electrons. The zero-order chi connectivity index (χ0) is 14.6. The molecule has 0 bridgehead atoms. The molecule has 0 unspecified atom stereocenters. The average Bonchev–Trinajstić information content (AvgIpc) is 3.05. The van der Waals surface area contributed by atoms with E-state index in [1.54, 1.807) is 6.07 Å². The number of furan rings is 1. The van der Waals surface area contributed by atoms with Crippen LogP contribution in [0.2, 0.25) is 4.34 Å². The number of carbonyl (C=O) groups excluding carboxylic acids is 1. The van der Waals surface area contributed by atoms with Gasteiger partial charge in [-0.25, -0.2) is 13.1 Å². The maximum atomic E-state index is 11.8. The Morgan fingerprint density at radius 1 is 1.30 bits per heavy atom. The molecule has 1 amide bonds. The molecular formula is C11H11ClN2O4S2. The van der Waals surface area contributed by atoms with Crippen LogP contribution in [0.15, 0.2) is 39.2 Å². The van der Waals surface area contributed by atoms with Crippen LogP contribution >= 0.6 is 22.9 Å². The van der Waals surface area contributed by atoms with Gasteiger partial charge in [0.25, 0.3) is 5.91 Å². The minimum atomic E-state index is -3.58. The number of nitrogens with one attached hydrogen (secondary N) is 2. The van der Waals surface area contributed by atoms with Gasteiger partial charge in [0.05, 0.1) is 10.6 Å². The molecule has 0 aliphatic carbocycles. The minimum absolute atomic E-state index is 0.0737. The number of thiophene rings is 1. The Hall–Kier alpha value is -1.35. The van der Waals surface area contributed by atoms with Gasteiger partial charge in [0.2, 0.25) is 10.0 Å². The van der Waals surface area contributed by atoms with Gasteiger partial charge >= 0.3 is 0 Å². The van der Waals surface area contributed by atoms with Gasteiger partial charge in [0, 0.05) is 13.1 Å². The summed E-state index contributed by atoms with van der Waals surface area (Å²) >= 11 is 6.65. The van der Waals surface area contributed by atoms with Gasteiger partial charge in [-0.2, -0.15) is 0 Å². The molecule has 0 fully saturated rings. The predicted octanol–water partition coefficient (Wildman–Crippen LogP) is 1.70. The standard InChI is InChI=1S/C11H11ClN2O4S2/c12-9-3-4-10(19-9)20(16,17)14-6-5-13-11(15)8-2-1-7-18-8/h1-4,7,14H,5-6H2,(H,13,15). The third-order valence-electron chi connectivity index (χ3n) is 2.26. The lowest BCUT2D eigenvalue weighted by molar-refractivity contribution is 0.0926. The van der Waals surface area contributed by atoms with Crippen LogP contribution in [-0.2, 0) is 10.0 Å². The van der Waals surface area contributed by atoms with Crippen molar-refractivity contribution < 1.29 is 17.6 Å². The Balaban J connectivity index is 1.80. The van der Waals surface area contributed by atoms with Crippen LogP contribution in [0.4, 0.5) is 0 Å². The second-order valence-electron chi connectivity index (χ2n) is 3.69. The fraction of sp³-hybridized carbons (Fsp3) is 0.182. The van der Waals surface area contributed by atoms with Crippen molar-refractivity contribution in [2.45, 2.75) is 4.21 Å². The highest BCUT2D eigenvalue weighted by molar-refractivity contribution is 7.91. The lowest BCUT2D eigenvalue weighted by Gasteiger charge is -2.05. The lowest BCUT2D eigenvalue weighted by atomic mass is 10.4. The molecule has 20 heavy (non-hydrogen) atoms. The Kier molecular flexibility index (Phi) is 4.81. The van der Waals surface area contributed by atoms with E-state index in [-0.39, 0.29) is 23.1 Å². The second kappa shape index (κ2) is 6.40. The van der Waals surface area contributed by atoms with E-state index in [2.05, 4.69) is 10.0 Å². The maximum Gasteiger partial charge on any atom is 0.287 e. The number of amides is 1. The Labute approximate surface area is 124 Å². The number of sulfonamides is 1. The van der Waals surface area contributed by atoms with Gasteiger partial charge < -0.3 is 9.73 Å². The van der Waals surface area contributed by atoms with E-state index in [0.717, 1.165) is 11.3 Å². The molecule has 2 rings (SSSR count). The highest BCUT2D eigenvalue weighted by Gasteiger charge is 2.16. The van der Waals surface area contributed by atoms with Crippen molar-refractivity contribution in [1.82, 2.24) is 10.0 Å². The molecule has 0 saturated heterocycles. The molecule has 0 atom stereocenters. The first kappa shape index (κ1) is 15.0. The van der Waals surface area contributed by atoms with E-state index < -0.39 is 15.9 Å². The molecular weight excluding hydrogens is 324 g/mol. The molecule has 0 radical (unpaired) electrons. The van der Waals surface area contributed by atoms with Gasteiger partial charge in [0.15, 0.2) is 5.76 Å². The van der Waals surface area contributed by atoms with Crippen LogP contribution < -0.4 is 10.0 Å². The van der Waals surface area contributed by atoms with Crippen molar-refractivity contribution in [2.24, 2.45) is 0 Å². The first-order chi connectivity index (χ1) is 9.49. The van der Waals surface area contributed by atoms with Crippen LogP contribution in [0.5, 0.6) is 0 Å². The highest BCUT2D eigenvalue weighted by Crippen LogP contribution is 2.25. The third-order valence-corrected chi connectivity index (χ3v) is 5.45. The second-order valence-corrected chi connectivity index (χ2v) is 7.40. The molecule has 2 aromatic heterocycles. The lowest BCUT2D eigenvalue weighted by Crippen LogP contribution is -2.34. The van der Waals surface area contributed by atoms with E-state index in [0.29, 0.717) is 4.34 Å². The minimum Gasteiger partial charge on any atom is -0.459 e. The van der Waals surface area contributed by atoms with E-state index in [1.165, 1.54) is 24.5 Å². The number of rotatable bonds is 6. The Morgan fingerprint density at radius 3 is 2.70 bits per heavy atom. The average molecular weight is 335 g/mol. The topological polar surface area (TPSA) is 88.4 Å². The first-order valence-electron chi connectivity index (χ1n) is 5.56. The maximum absolute atomic E-state index is 11.8. The number of hydrogen-bond acceptors (Lipinski definition) is 5. The highest BCUT2D eigenvalue weighted by atomic mass is 35.5. The monoisotopic (exact) mass is 334 g/mol. The van der Waals surface area contributed by atoms with E-state index in [9.17, 15) is 13.2 Å². The van der Waals surface area contributed by atoms with Crippen molar-refractivity contribution in [2.75, 3.05) is 13.1 Å². The molecule has 0 saturated carbocycles. The smallest absolute Gasteiger partial charge is 0.287 e. The predicted molar refractivity (Wildman–Crippen MR) is 75.6 cm³/mol. The van der Waals surface area contributed by atoms with E-state index in [4.69, 9.17) is 16.0 Å². The Morgan fingerprint density at radius 2 is 2.10 bits per heavy atom. The van der Waals surface area contributed by atoms with Crippen LogP contribution in [0.1, 0.15) is 10.6 Å². The van der Waals surface area contributed by atoms with Crippen LogP contribution in [0, 0.1) is 0 Å². The molecule has 2 N–H and O–H groups in total. The molecule has 6 nitrogen and oxygen atoms in total. The summed E-state index contributed by atoms with van der Waals surface area (Å²) in [6.07, 6.45) is 1.39. The normalized spacial score (nSPS) is 11.4. The van der Waals surface area contributed by atoms with Crippen molar-refractivity contribution in [3.63, 3.8) is 0 Å². The molecule has 0 aliphatic rings. The summed E-state index contributed by atoms with van der Waals surface area (Å²) in [7, 11) is -3.58. The van der Waals surface area contributed by atoms with Crippen molar-refractivity contribution >= 4 is 38.9 Å². The summed E-state index contributed by atoms with van der Waals surface area (Å²) in [5.41, 5.74) is 0. The molecule has 0 spiro atoms. The van der Waals surface area contributed by atoms with Crippen LogP contribution in [0.25, 0.3) is 0 Å². The van der Waals surface area contributed by atoms with E-state index >= 15 is 0 Å². The van der Waals surface area contributed by atoms with Gasteiger partial charge in [-0.05, 0) is 24.3 Å². The van der Waals surface area contributed by atoms with Gasteiger partial charge in [0.1, 0.15) is 4.21 Å². The summed E-state index contributed by atoms with van der Waals surface area (Å²) in [5, 5.41) is 2.53. The van der Waals surface area contributed by atoms with Gasteiger partial charge in [-0.3, -0.25) is 4.79 Å². The SMILES string of the molecule is O=C(NCCNS(=O)(=O)c1ccc(Cl)s1)c1ccco1. The zero-order valence-corrected chi connectivity index (χ0v) is 12.5. The van der Waals surface area contributed by atoms with Crippen molar-refractivity contribution in [3.05, 3.63) is 40.6 Å². The Bertz CT molecular complexity index is 679. The van der Waals surface area contributed by atoms with Gasteiger partial charge in [-0.15, -0.1) is 11.3 Å². The van der Waals surface area contributed by atoms with Gasteiger partial charge in [-0.1, -0.05) is 11.6 Å². The number of halogens is 1. The van der Waals surface area contributed by atoms with Crippen LogP contribution in [-0.4, -0.2) is 27.4 Å². The van der Waals surface area contributed by atoms with E-state index in [1.807, 2.05) is 0 Å².